The first-order valence-corrected chi connectivity index (χ1v) is 12.3. The van der Waals surface area contributed by atoms with E-state index in [1.807, 2.05) is 0 Å². The number of benzene rings is 3. The fraction of sp³-hybridized carbons (Fsp3) is 0. The van der Waals surface area contributed by atoms with Crippen molar-refractivity contribution in [2.24, 2.45) is 0 Å². The Balaban J connectivity index is 2.27. The molecule has 0 fully saturated rings. The molecule has 0 aliphatic heterocycles. The summed E-state index contributed by atoms with van der Waals surface area (Å²) in [6.45, 7) is 0. The third-order valence-electron chi connectivity index (χ3n) is 4.45. The van der Waals surface area contributed by atoms with Gasteiger partial charge in [0.1, 0.15) is 0 Å². The fourth-order valence-electron chi connectivity index (χ4n) is 3.14. The molecule has 0 aliphatic rings. The van der Waals surface area contributed by atoms with Crippen LogP contribution in [0, 0.1) is 14.3 Å². The van der Waals surface area contributed by atoms with Crippen LogP contribution in [0.5, 0.6) is 5.75 Å². The van der Waals surface area contributed by atoms with Crippen molar-refractivity contribution < 1.29 is 19.4 Å². The monoisotopic (exact) mass is 836 g/mol. The van der Waals surface area contributed by atoms with Crippen LogP contribution in [0.2, 0.25) is 0 Å². The smallest absolute Gasteiger partial charge is 0.336 e. The standard InChI is InChI=1S/C20H8I4O5/c21-12-11-16(25)9-6-8(20(27)28)10(7-4-2-1-3-5-7)17(26)18(9)29-19(11)15(24)14(23)13(12)22/h1-6,26H,(H,27,28). The van der Waals surface area contributed by atoms with Crippen molar-refractivity contribution in [2.75, 3.05) is 0 Å². The van der Waals surface area contributed by atoms with Crippen LogP contribution in [0.4, 0.5) is 0 Å². The summed E-state index contributed by atoms with van der Waals surface area (Å²) >= 11 is 8.59. The van der Waals surface area contributed by atoms with E-state index in [2.05, 4.69) is 90.4 Å². The van der Waals surface area contributed by atoms with Crippen LogP contribution >= 0.6 is 90.4 Å². The molecule has 0 unspecified atom stereocenters. The maximum atomic E-state index is 13.3. The molecule has 0 saturated heterocycles. The van der Waals surface area contributed by atoms with Crippen molar-refractivity contribution in [2.45, 2.75) is 0 Å². The lowest BCUT2D eigenvalue weighted by Crippen LogP contribution is -2.10. The van der Waals surface area contributed by atoms with Gasteiger partial charge < -0.3 is 14.6 Å². The Kier molecular flexibility index (Phi) is 6.02. The lowest BCUT2D eigenvalue weighted by molar-refractivity contribution is 0.0697. The zero-order valence-corrected chi connectivity index (χ0v) is 22.7. The maximum Gasteiger partial charge on any atom is 0.336 e. The number of phenolic OH excluding ortho intramolecular Hbond substituents is 1. The van der Waals surface area contributed by atoms with E-state index >= 15 is 0 Å². The van der Waals surface area contributed by atoms with Gasteiger partial charge in [0.05, 0.1) is 19.9 Å². The molecule has 0 aliphatic carbocycles. The van der Waals surface area contributed by atoms with E-state index in [1.54, 1.807) is 30.3 Å². The summed E-state index contributed by atoms with van der Waals surface area (Å²) in [7, 11) is 0. The van der Waals surface area contributed by atoms with Crippen LogP contribution in [0.15, 0.2) is 45.6 Å². The highest BCUT2D eigenvalue weighted by atomic mass is 127. The number of fused-ring (bicyclic) bond motifs is 2. The Morgan fingerprint density at radius 3 is 2.14 bits per heavy atom. The van der Waals surface area contributed by atoms with E-state index in [4.69, 9.17) is 4.42 Å². The molecule has 0 spiro atoms. The minimum absolute atomic E-state index is 0.0166. The molecule has 146 valence electrons. The third kappa shape index (κ3) is 3.44. The van der Waals surface area contributed by atoms with Gasteiger partial charge in [0.15, 0.2) is 16.9 Å². The van der Waals surface area contributed by atoms with E-state index in [0.29, 0.717) is 16.5 Å². The number of aromatic carboxylic acids is 1. The quantitative estimate of drug-likeness (QED) is 0.105. The van der Waals surface area contributed by atoms with Gasteiger partial charge in [-0.15, -0.1) is 0 Å². The molecule has 0 amide bonds. The first-order chi connectivity index (χ1) is 13.7. The Labute approximate surface area is 218 Å². The topological polar surface area (TPSA) is 87.7 Å². The molecule has 4 aromatic rings. The summed E-state index contributed by atoms with van der Waals surface area (Å²) < 4.78 is 9.42. The molecule has 1 aromatic heterocycles. The molecular weight excluding hydrogens is 828 g/mol. The van der Waals surface area contributed by atoms with Gasteiger partial charge in [0.25, 0.3) is 0 Å². The third-order valence-corrected chi connectivity index (χ3v) is 11.8. The van der Waals surface area contributed by atoms with Crippen molar-refractivity contribution in [1.82, 2.24) is 0 Å². The normalized spacial score (nSPS) is 11.3. The molecule has 29 heavy (non-hydrogen) atoms. The molecule has 0 saturated carbocycles. The van der Waals surface area contributed by atoms with Crippen molar-refractivity contribution in [3.05, 3.63) is 66.5 Å². The predicted molar refractivity (Wildman–Crippen MR) is 145 cm³/mol. The Morgan fingerprint density at radius 2 is 1.52 bits per heavy atom. The number of phenols is 1. The zero-order valence-electron chi connectivity index (χ0n) is 14.1. The number of carbonyl (C=O) groups is 1. The van der Waals surface area contributed by atoms with Gasteiger partial charge in [-0.05, 0) is 102 Å². The summed E-state index contributed by atoms with van der Waals surface area (Å²) in [4.78, 5) is 25.3. The van der Waals surface area contributed by atoms with E-state index in [0.717, 1.165) is 14.3 Å². The van der Waals surface area contributed by atoms with E-state index < -0.39 is 5.97 Å². The Bertz CT molecular complexity index is 1390. The average Bonchev–Trinajstić information content (AvgIpc) is 2.71. The number of aromatic hydroxyl groups is 1. The van der Waals surface area contributed by atoms with E-state index in [9.17, 15) is 19.8 Å². The minimum atomic E-state index is -1.23. The SMILES string of the molecule is O=C(O)c1cc2c(=O)c3c(I)c(I)c(I)c(I)c3oc2c(O)c1-c1ccccc1. The van der Waals surface area contributed by atoms with Crippen LogP contribution in [0.1, 0.15) is 10.4 Å². The number of rotatable bonds is 2. The van der Waals surface area contributed by atoms with Crippen molar-refractivity contribution in [1.29, 1.82) is 0 Å². The molecule has 2 N–H and O–H groups in total. The molecule has 3 aromatic carbocycles. The van der Waals surface area contributed by atoms with Gasteiger partial charge in [-0.3, -0.25) is 4.79 Å². The first kappa shape index (κ1) is 21.5. The highest BCUT2D eigenvalue weighted by Gasteiger charge is 2.25. The van der Waals surface area contributed by atoms with E-state index in [-0.39, 0.29) is 33.3 Å². The van der Waals surface area contributed by atoms with Gasteiger partial charge in [-0.25, -0.2) is 4.79 Å². The van der Waals surface area contributed by atoms with Crippen molar-refractivity contribution in [3.63, 3.8) is 0 Å². The van der Waals surface area contributed by atoms with Gasteiger partial charge in [0, 0.05) is 16.3 Å². The van der Waals surface area contributed by atoms with E-state index in [1.165, 1.54) is 6.07 Å². The summed E-state index contributed by atoms with van der Waals surface area (Å²) in [5.41, 5.74) is 0.492. The summed E-state index contributed by atoms with van der Waals surface area (Å²) in [5, 5.41) is 21.2. The molecule has 1 heterocycles. The minimum Gasteiger partial charge on any atom is -0.504 e. The predicted octanol–water partition coefficient (Wildman–Crippen LogP) is 6.44. The lowest BCUT2D eigenvalue weighted by atomic mass is 9.96. The molecule has 4 rings (SSSR count). The molecule has 0 bridgehead atoms. The zero-order chi connectivity index (χ0) is 21.0. The molecule has 0 atom stereocenters. The lowest BCUT2D eigenvalue weighted by Gasteiger charge is -2.14. The number of carboxylic acid groups (broad SMARTS) is 1. The highest BCUT2D eigenvalue weighted by molar-refractivity contribution is 14.1. The molecule has 0 radical (unpaired) electrons. The number of halogens is 4. The highest BCUT2D eigenvalue weighted by Crippen LogP contribution is 2.41. The average molecular weight is 836 g/mol. The number of hydrogen-bond acceptors (Lipinski definition) is 4. The maximum absolute atomic E-state index is 13.3. The van der Waals surface area contributed by atoms with Crippen LogP contribution < -0.4 is 5.43 Å². The van der Waals surface area contributed by atoms with Crippen LogP contribution in [-0.2, 0) is 0 Å². The first-order valence-electron chi connectivity index (χ1n) is 8.01. The fourth-order valence-corrected chi connectivity index (χ4v) is 6.63. The largest absolute Gasteiger partial charge is 0.504 e. The second kappa shape index (κ2) is 8.11. The second-order valence-electron chi connectivity index (χ2n) is 6.09. The Morgan fingerprint density at radius 1 is 0.897 bits per heavy atom. The van der Waals surface area contributed by atoms with Gasteiger partial charge >= 0.3 is 5.97 Å². The summed E-state index contributed by atoms with van der Waals surface area (Å²) in [6.07, 6.45) is 0. The van der Waals surface area contributed by atoms with Crippen molar-refractivity contribution in [3.8, 4) is 16.9 Å². The van der Waals surface area contributed by atoms with Crippen molar-refractivity contribution >= 4 is 118 Å². The Hall–Kier alpha value is -0.680. The van der Waals surface area contributed by atoms with Gasteiger partial charge in [-0.2, -0.15) is 0 Å². The summed E-state index contributed by atoms with van der Waals surface area (Å²) in [5.74, 6) is -1.59. The number of carboxylic acids is 1. The molecule has 9 heteroatoms. The van der Waals surface area contributed by atoms with Gasteiger partial charge in [-0.1, -0.05) is 30.3 Å². The van der Waals surface area contributed by atoms with Crippen LogP contribution in [0.25, 0.3) is 33.1 Å². The second-order valence-corrected chi connectivity index (χ2v) is 10.4. The number of hydrogen-bond donors (Lipinski definition) is 2. The molecular formula is C20H8I4O5. The van der Waals surface area contributed by atoms with Gasteiger partial charge in [0.2, 0.25) is 5.43 Å². The molecule has 5 nitrogen and oxygen atoms in total. The summed E-state index contributed by atoms with van der Waals surface area (Å²) in [6, 6.07) is 9.98. The van der Waals surface area contributed by atoms with Crippen LogP contribution in [0.3, 0.4) is 0 Å². The van der Waals surface area contributed by atoms with Crippen LogP contribution in [-0.4, -0.2) is 16.2 Å².